The van der Waals surface area contributed by atoms with Crippen molar-refractivity contribution >= 4 is 17.8 Å². The summed E-state index contributed by atoms with van der Waals surface area (Å²) in [5, 5.41) is 8.89. The maximum absolute atomic E-state index is 12.0. The lowest BCUT2D eigenvalue weighted by Gasteiger charge is -2.23. The van der Waals surface area contributed by atoms with Crippen molar-refractivity contribution in [3.8, 4) is 0 Å². The van der Waals surface area contributed by atoms with Crippen LogP contribution in [0.3, 0.4) is 0 Å². The van der Waals surface area contributed by atoms with Crippen molar-refractivity contribution in [2.75, 3.05) is 44.6 Å². The molecule has 0 unspecified atom stereocenters. The van der Waals surface area contributed by atoms with Crippen LogP contribution in [-0.4, -0.2) is 66.8 Å². The third-order valence-corrected chi connectivity index (χ3v) is 3.95. The molecule has 0 bridgehead atoms. The number of hydrogen-bond donors (Lipinski definition) is 3. The third-order valence-electron chi connectivity index (χ3n) is 3.95. The van der Waals surface area contributed by atoms with Gasteiger partial charge in [0.05, 0.1) is 0 Å². The Balaban J connectivity index is 2.18. The highest BCUT2D eigenvalue weighted by atomic mass is 16.6. The molecule has 0 saturated carbocycles. The molecule has 0 aliphatic rings. The monoisotopic (exact) mass is 407 g/mol. The zero-order valence-electron chi connectivity index (χ0n) is 18.5. The zero-order valence-corrected chi connectivity index (χ0v) is 18.5. The van der Waals surface area contributed by atoms with E-state index in [1.165, 1.54) is 0 Å². The van der Waals surface area contributed by atoms with Gasteiger partial charge in [-0.05, 0) is 58.4 Å². The van der Waals surface area contributed by atoms with E-state index < -0.39 is 5.60 Å². The molecule has 8 heteroatoms. The van der Waals surface area contributed by atoms with Crippen molar-refractivity contribution in [3.05, 3.63) is 23.9 Å². The Labute approximate surface area is 174 Å². The van der Waals surface area contributed by atoms with Gasteiger partial charge in [-0.3, -0.25) is 4.79 Å². The van der Waals surface area contributed by atoms with E-state index in [0.717, 1.165) is 38.2 Å². The first-order valence-corrected chi connectivity index (χ1v) is 10.3. The van der Waals surface area contributed by atoms with Crippen molar-refractivity contribution in [1.29, 1.82) is 0 Å². The number of amides is 2. The van der Waals surface area contributed by atoms with Gasteiger partial charge in [0.1, 0.15) is 11.4 Å². The Bertz CT molecular complexity index is 631. The molecular formula is C21H37N5O3. The minimum atomic E-state index is -0.487. The summed E-state index contributed by atoms with van der Waals surface area (Å²) in [5.41, 5.74) is 0.573. The van der Waals surface area contributed by atoms with E-state index in [9.17, 15) is 9.59 Å². The molecule has 0 fully saturated rings. The van der Waals surface area contributed by atoms with Crippen LogP contribution in [0.25, 0.3) is 0 Å². The van der Waals surface area contributed by atoms with Crippen LogP contribution in [0.1, 0.15) is 46.1 Å². The largest absolute Gasteiger partial charge is 0.444 e. The number of anilines is 1. The van der Waals surface area contributed by atoms with Crippen molar-refractivity contribution in [2.24, 2.45) is 0 Å². The van der Waals surface area contributed by atoms with Gasteiger partial charge in [0, 0.05) is 45.3 Å². The second-order valence-corrected chi connectivity index (χ2v) is 8.04. The molecule has 1 aromatic heterocycles. The normalized spacial score (nSPS) is 11.4. The minimum Gasteiger partial charge on any atom is -0.444 e. The summed E-state index contributed by atoms with van der Waals surface area (Å²) in [6.07, 6.45) is 2.73. The Morgan fingerprint density at radius 2 is 1.86 bits per heavy atom. The average molecular weight is 408 g/mol. The lowest BCUT2D eigenvalue weighted by atomic mass is 10.2. The first kappa shape index (κ1) is 24.8. The van der Waals surface area contributed by atoms with Gasteiger partial charge in [-0.15, -0.1) is 0 Å². The first-order valence-electron chi connectivity index (χ1n) is 10.3. The number of pyridine rings is 1. The fraction of sp³-hybridized carbons (Fsp3) is 0.667. The fourth-order valence-electron chi connectivity index (χ4n) is 2.66. The van der Waals surface area contributed by atoms with E-state index >= 15 is 0 Å². The highest BCUT2D eigenvalue weighted by Crippen LogP contribution is 2.06. The molecule has 3 N–H and O–H groups in total. The van der Waals surface area contributed by atoms with E-state index in [1.54, 1.807) is 6.20 Å². The second-order valence-electron chi connectivity index (χ2n) is 8.04. The van der Waals surface area contributed by atoms with Gasteiger partial charge in [-0.25, -0.2) is 9.78 Å². The molecule has 0 aliphatic heterocycles. The number of carbonyl (C=O) groups is 2. The number of carbonyl (C=O) groups excluding carboxylic acids is 2. The van der Waals surface area contributed by atoms with Gasteiger partial charge < -0.3 is 25.6 Å². The molecule has 0 spiro atoms. The smallest absolute Gasteiger partial charge is 0.407 e. The van der Waals surface area contributed by atoms with E-state index in [2.05, 4.69) is 32.8 Å². The van der Waals surface area contributed by atoms with E-state index in [-0.39, 0.29) is 12.0 Å². The van der Waals surface area contributed by atoms with Crippen LogP contribution in [0.15, 0.2) is 18.3 Å². The molecule has 29 heavy (non-hydrogen) atoms. The lowest BCUT2D eigenvalue weighted by Crippen LogP contribution is -2.40. The number of hydrogen-bond acceptors (Lipinski definition) is 6. The van der Waals surface area contributed by atoms with Gasteiger partial charge in [-0.2, -0.15) is 0 Å². The Hall–Kier alpha value is -2.19. The molecule has 2 amide bonds. The Morgan fingerprint density at radius 1 is 1.14 bits per heavy atom. The number of ether oxygens (including phenoxy) is 1. The third kappa shape index (κ3) is 12.8. The maximum Gasteiger partial charge on any atom is 0.407 e. The first-order chi connectivity index (χ1) is 13.7. The lowest BCUT2D eigenvalue weighted by molar-refractivity contribution is -0.116. The molecule has 8 nitrogen and oxygen atoms in total. The van der Waals surface area contributed by atoms with Crippen LogP contribution in [0.2, 0.25) is 0 Å². The molecular weight excluding hydrogens is 370 g/mol. The predicted octanol–water partition coefficient (Wildman–Crippen LogP) is 2.54. The molecule has 0 saturated heterocycles. The molecule has 0 atom stereocenters. The van der Waals surface area contributed by atoms with Crippen LogP contribution in [0.5, 0.6) is 0 Å². The van der Waals surface area contributed by atoms with Gasteiger partial charge in [0.2, 0.25) is 5.91 Å². The summed E-state index contributed by atoms with van der Waals surface area (Å²) in [6, 6.07) is 3.74. The van der Waals surface area contributed by atoms with Gasteiger partial charge >= 0.3 is 6.09 Å². The van der Waals surface area contributed by atoms with E-state index in [4.69, 9.17) is 4.74 Å². The van der Waals surface area contributed by atoms with E-state index in [0.29, 0.717) is 25.3 Å². The molecule has 1 rings (SSSR count). The summed E-state index contributed by atoms with van der Waals surface area (Å²) in [4.78, 5) is 30.1. The summed E-state index contributed by atoms with van der Waals surface area (Å²) in [5.74, 6) is 0.532. The number of rotatable bonds is 12. The van der Waals surface area contributed by atoms with Crippen molar-refractivity contribution in [1.82, 2.24) is 20.5 Å². The van der Waals surface area contributed by atoms with Crippen LogP contribution < -0.4 is 16.0 Å². The van der Waals surface area contributed by atoms with Gasteiger partial charge in [0.25, 0.3) is 0 Å². The Morgan fingerprint density at radius 3 is 2.52 bits per heavy atom. The molecule has 0 radical (unpaired) electrons. The SMILES string of the molecule is CCCN(CCNCCC(=O)Nc1cc(C)ccn1)CCNC(=O)OC(C)(C)C. The maximum atomic E-state index is 12.0. The summed E-state index contributed by atoms with van der Waals surface area (Å²) < 4.78 is 5.24. The highest BCUT2D eigenvalue weighted by Gasteiger charge is 2.15. The molecule has 1 heterocycles. The van der Waals surface area contributed by atoms with Crippen molar-refractivity contribution < 1.29 is 14.3 Å². The topological polar surface area (TPSA) is 95.6 Å². The number of aromatic nitrogens is 1. The van der Waals surface area contributed by atoms with Crippen LogP contribution in [-0.2, 0) is 9.53 Å². The van der Waals surface area contributed by atoms with Gasteiger partial charge in [-0.1, -0.05) is 6.92 Å². The van der Waals surface area contributed by atoms with E-state index in [1.807, 2.05) is 39.8 Å². The summed E-state index contributed by atoms with van der Waals surface area (Å²) >= 11 is 0. The summed E-state index contributed by atoms with van der Waals surface area (Å²) in [7, 11) is 0. The molecule has 164 valence electrons. The number of alkyl carbamates (subject to hydrolysis) is 1. The quantitative estimate of drug-likeness (QED) is 0.461. The molecule has 1 aromatic rings. The summed E-state index contributed by atoms with van der Waals surface area (Å²) in [6.45, 7) is 14.1. The highest BCUT2D eigenvalue weighted by molar-refractivity contribution is 5.89. The number of aryl methyl sites for hydroxylation is 1. The van der Waals surface area contributed by atoms with Crippen LogP contribution >= 0.6 is 0 Å². The average Bonchev–Trinajstić information content (AvgIpc) is 2.59. The number of nitrogens with zero attached hydrogens (tertiary/aromatic N) is 2. The van der Waals surface area contributed by atoms with Gasteiger partial charge in [0.15, 0.2) is 0 Å². The van der Waals surface area contributed by atoms with Crippen LogP contribution in [0, 0.1) is 6.92 Å². The number of nitrogens with one attached hydrogen (secondary N) is 3. The molecule has 0 aromatic carbocycles. The molecule has 0 aliphatic carbocycles. The minimum absolute atomic E-state index is 0.0532. The van der Waals surface area contributed by atoms with Crippen molar-refractivity contribution in [3.63, 3.8) is 0 Å². The predicted molar refractivity (Wildman–Crippen MR) is 116 cm³/mol. The second kappa shape index (κ2) is 13.1. The standard InChI is InChI=1S/C21H37N5O3/c1-6-13-26(15-12-24-20(28)29-21(3,4)5)14-11-22-9-8-19(27)25-18-16-17(2)7-10-23-18/h7,10,16,22H,6,8-9,11-15H2,1-5H3,(H,24,28)(H,23,25,27). The zero-order chi connectivity index (χ0) is 21.7. The van der Waals surface area contributed by atoms with Crippen molar-refractivity contribution in [2.45, 2.75) is 53.1 Å². The fourth-order valence-corrected chi connectivity index (χ4v) is 2.66. The Kier molecular flexibility index (Phi) is 11.2. The van der Waals surface area contributed by atoms with Crippen LogP contribution in [0.4, 0.5) is 10.6 Å².